The summed E-state index contributed by atoms with van der Waals surface area (Å²) >= 11 is 6.11. The molecule has 24 heavy (non-hydrogen) atoms. The van der Waals surface area contributed by atoms with Crippen LogP contribution in [0, 0.1) is 0 Å². The van der Waals surface area contributed by atoms with E-state index in [4.69, 9.17) is 11.6 Å². The number of carbonyl (C=O) groups excluding carboxylic acids is 1. The smallest absolute Gasteiger partial charge is 0.253 e. The van der Waals surface area contributed by atoms with Crippen LogP contribution in [0.1, 0.15) is 29.6 Å². The van der Waals surface area contributed by atoms with Gasteiger partial charge < -0.3 is 9.88 Å². The van der Waals surface area contributed by atoms with Gasteiger partial charge in [-0.25, -0.2) is 0 Å². The first kappa shape index (κ1) is 15.3. The Morgan fingerprint density at radius 1 is 1.04 bits per heavy atom. The highest BCUT2D eigenvalue weighted by Crippen LogP contribution is 2.31. The molecule has 1 aliphatic rings. The lowest BCUT2D eigenvalue weighted by molar-refractivity contribution is 0.0724. The van der Waals surface area contributed by atoms with Gasteiger partial charge in [-0.05, 0) is 49.1 Å². The highest BCUT2D eigenvalue weighted by atomic mass is 35.5. The lowest BCUT2D eigenvalue weighted by atomic mass is 10.0. The number of likely N-dealkylation sites (tertiary alicyclic amines) is 1. The van der Waals surface area contributed by atoms with Crippen molar-refractivity contribution >= 4 is 28.4 Å². The Bertz CT molecular complexity index is 894. The van der Waals surface area contributed by atoms with Gasteiger partial charge in [0.25, 0.3) is 5.91 Å². The third-order valence-corrected chi connectivity index (χ3v) is 4.94. The first-order chi connectivity index (χ1) is 11.7. The fourth-order valence-electron chi connectivity index (χ4n) is 3.43. The summed E-state index contributed by atoms with van der Waals surface area (Å²) in [5, 5.41) is 1.83. The van der Waals surface area contributed by atoms with Crippen LogP contribution in [0.3, 0.4) is 0 Å². The Kier molecular flexibility index (Phi) is 4.03. The van der Waals surface area contributed by atoms with Crippen LogP contribution >= 0.6 is 11.6 Å². The number of amides is 1. The van der Waals surface area contributed by atoms with E-state index in [1.165, 1.54) is 6.42 Å². The molecule has 2 aromatic carbocycles. The number of nitrogens with zero attached hydrogens (tertiary/aromatic N) is 1. The molecule has 1 fully saturated rings. The second-order valence-electron chi connectivity index (χ2n) is 6.33. The van der Waals surface area contributed by atoms with Crippen LogP contribution < -0.4 is 0 Å². The van der Waals surface area contributed by atoms with Gasteiger partial charge in [-0.3, -0.25) is 4.79 Å². The number of benzene rings is 2. The summed E-state index contributed by atoms with van der Waals surface area (Å²) < 4.78 is 0. The van der Waals surface area contributed by atoms with E-state index in [0.717, 1.165) is 58.5 Å². The van der Waals surface area contributed by atoms with Gasteiger partial charge in [0.05, 0.1) is 0 Å². The molecular weight excluding hydrogens is 320 g/mol. The fraction of sp³-hybridized carbons (Fsp3) is 0.250. The molecule has 0 unspecified atom stereocenters. The van der Waals surface area contributed by atoms with Crippen molar-refractivity contribution in [1.82, 2.24) is 9.88 Å². The summed E-state index contributed by atoms with van der Waals surface area (Å²) in [6.07, 6.45) is 5.42. The maximum atomic E-state index is 12.7. The minimum absolute atomic E-state index is 0.135. The second-order valence-corrected chi connectivity index (χ2v) is 6.76. The second kappa shape index (κ2) is 6.33. The van der Waals surface area contributed by atoms with E-state index in [0.29, 0.717) is 0 Å². The topological polar surface area (TPSA) is 36.1 Å². The number of aromatic nitrogens is 1. The average Bonchev–Trinajstić information content (AvgIpc) is 3.05. The van der Waals surface area contributed by atoms with Crippen molar-refractivity contribution in [2.75, 3.05) is 13.1 Å². The van der Waals surface area contributed by atoms with E-state index in [1.807, 2.05) is 53.6 Å². The number of hydrogen-bond donors (Lipinski definition) is 1. The maximum Gasteiger partial charge on any atom is 0.253 e. The van der Waals surface area contributed by atoms with Crippen LogP contribution in [0.15, 0.2) is 48.7 Å². The summed E-state index contributed by atoms with van der Waals surface area (Å²) in [5.74, 6) is 0.135. The van der Waals surface area contributed by atoms with Crippen LogP contribution in [-0.2, 0) is 0 Å². The van der Waals surface area contributed by atoms with E-state index >= 15 is 0 Å². The number of aromatic amines is 1. The molecule has 4 rings (SSSR count). The molecule has 122 valence electrons. The van der Waals surface area contributed by atoms with Crippen molar-refractivity contribution in [3.05, 3.63) is 59.2 Å². The van der Waals surface area contributed by atoms with Crippen molar-refractivity contribution in [3.8, 4) is 11.1 Å². The summed E-state index contributed by atoms with van der Waals surface area (Å²) in [4.78, 5) is 17.9. The molecule has 1 aromatic heterocycles. The Morgan fingerprint density at radius 2 is 1.88 bits per heavy atom. The fourth-order valence-corrected chi connectivity index (χ4v) is 3.62. The van der Waals surface area contributed by atoms with Gasteiger partial charge in [0.1, 0.15) is 0 Å². The van der Waals surface area contributed by atoms with E-state index < -0.39 is 0 Å². The highest BCUT2D eigenvalue weighted by Gasteiger charge is 2.19. The summed E-state index contributed by atoms with van der Waals surface area (Å²) in [6, 6.07) is 13.7. The Balaban J connectivity index is 1.69. The lowest BCUT2D eigenvalue weighted by Gasteiger charge is -2.26. The van der Waals surface area contributed by atoms with Crippen molar-refractivity contribution in [3.63, 3.8) is 0 Å². The molecule has 3 nitrogen and oxygen atoms in total. The molecule has 0 radical (unpaired) electrons. The van der Waals surface area contributed by atoms with Crippen LogP contribution in [0.25, 0.3) is 22.0 Å². The van der Waals surface area contributed by atoms with Crippen molar-refractivity contribution < 1.29 is 4.79 Å². The van der Waals surface area contributed by atoms with Crippen LogP contribution in [0.4, 0.5) is 0 Å². The maximum absolute atomic E-state index is 12.7. The van der Waals surface area contributed by atoms with Gasteiger partial charge in [0.2, 0.25) is 0 Å². The molecule has 0 aliphatic carbocycles. The number of nitrogens with one attached hydrogen (secondary N) is 1. The van der Waals surface area contributed by atoms with Gasteiger partial charge in [0, 0.05) is 46.3 Å². The molecule has 0 spiro atoms. The molecule has 4 heteroatoms. The van der Waals surface area contributed by atoms with Crippen LogP contribution in [-0.4, -0.2) is 28.9 Å². The summed E-state index contributed by atoms with van der Waals surface area (Å²) in [7, 11) is 0. The largest absolute Gasteiger partial charge is 0.361 e. The van der Waals surface area contributed by atoms with Gasteiger partial charge in [0.15, 0.2) is 0 Å². The standard InChI is InChI=1S/C20H19ClN2O/c21-16-6-4-5-14(11-16)18-13-22-19-12-15(7-8-17(18)19)20(24)23-9-2-1-3-10-23/h4-8,11-13,22H,1-3,9-10H2. The number of halogens is 1. The molecule has 1 amide bonds. The predicted molar refractivity (Wildman–Crippen MR) is 98.5 cm³/mol. The lowest BCUT2D eigenvalue weighted by Crippen LogP contribution is -2.35. The predicted octanol–water partition coefficient (Wildman–Crippen LogP) is 5.11. The molecule has 1 saturated heterocycles. The first-order valence-electron chi connectivity index (χ1n) is 8.39. The molecule has 3 aromatic rings. The van der Waals surface area contributed by atoms with Crippen molar-refractivity contribution in [1.29, 1.82) is 0 Å². The number of H-pyrrole nitrogens is 1. The minimum atomic E-state index is 0.135. The molecule has 1 N–H and O–H groups in total. The Labute approximate surface area is 146 Å². The van der Waals surface area contributed by atoms with Crippen LogP contribution in [0.2, 0.25) is 5.02 Å². The van der Waals surface area contributed by atoms with Gasteiger partial charge in [-0.2, -0.15) is 0 Å². The molecule has 1 aliphatic heterocycles. The van der Waals surface area contributed by atoms with Crippen molar-refractivity contribution in [2.45, 2.75) is 19.3 Å². The van der Waals surface area contributed by atoms with Gasteiger partial charge in [-0.15, -0.1) is 0 Å². The number of rotatable bonds is 2. The van der Waals surface area contributed by atoms with Crippen molar-refractivity contribution in [2.24, 2.45) is 0 Å². The number of hydrogen-bond acceptors (Lipinski definition) is 1. The van der Waals surface area contributed by atoms with Gasteiger partial charge in [-0.1, -0.05) is 29.8 Å². The summed E-state index contributed by atoms with van der Waals surface area (Å²) in [5.41, 5.74) is 3.91. The molecule has 2 heterocycles. The normalized spacial score (nSPS) is 15.0. The summed E-state index contributed by atoms with van der Waals surface area (Å²) in [6.45, 7) is 1.74. The third kappa shape index (κ3) is 2.80. The molecular formula is C20H19ClN2O. The average molecular weight is 339 g/mol. The quantitative estimate of drug-likeness (QED) is 0.692. The van der Waals surface area contributed by atoms with E-state index in [2.05, 4.69) is 4.98 Å². The SMILES string of the molecule is O=C(c1ccc2c(-c3cccc(Cl)c3)c[nH]c2c1)N1CCCCC1. The number of fused-ring (bicyclic) bond motifs is 1. The Morgan fingerprint density at radius 3 is 2.67 bits per heavy atom. The number of piperidine rings is 1. The van der Waals surface area contributed by atoms with E-state index in [9.17, 15) is 4.79 Å². The molecule has 0 saturated carbocycles. The zero-order valence-corrected chi connectivity index (χ0v) is 14.1. The minimum Gasteiger partial charge on any atom is -0.361 e. The van der Waals surface area contributed by atoms with Gasteiger partial charge >= 0.3 is 0 Å². The van der Waals surface area contributed by atoms with E-state index in [1.54, 1.807) is 0 Å². The Hall–Kier alpha value is -2.26. The first-order valence-corrected chi connectivity index (χ1v) is 8.76. The van der Waals surface area contributed by atoms with E-state index in [-0.39, 0.29) is 5.91 Å². The monoisotopic (exact) mass is 338 g/mol. The van der Waals surface area contributed by atoms with Crippen LogP contribution in [0.5, 0.6) is 0 Å². The zero-order chi connectivity index (χ0) is 16.5. The molecule has 0 bridgehead atoms. The molecule has 0 atom stereocenters. The highest BCUT2D eigenvalue weighted by molar-refractivity contribution is 6.30. The number of carbonyl (C=O) groups is 1. The third-order valence-electron chi connectivity index (χ3n) is 4.71. The zero-order valence-electron chi connectivity index (χ0n) is 13.4.